The Morgan fingerprint density at radius 2 is 1.80 bits per heavy atom. The van der Waals surface area contributed by atoms with Gasteiger partial charge in [-0.3, -0.25) is 15.8 Å². The van der Waals surface area contributed by atoms with E-state index in [0.717, 1.165) is 6.29 Å². The summed E-state index contributed by atoms with van der Waals surface area (Å²) in [6.07, 6.45) is 9.39. The summed E-state index contributed by atoms with van der Waals surface area (Å²) in [4.78, 5) is 27.0. The zero-order chi connectivity index (χ0) is 26.6. The highest BCUT2D eigenvalue weighted by Gasteiger charge is 2.46. The Balaban J connectivity index is 0.000000351. The summed E-state index contributed by atoms with van der Waals surface area (Å²) < 4.78 is 9.97. The normalized spacial score (nSPS) is 17.2. The molecule has 2 rings (SSSR count). The number of rotatable bonds is 11. The molecule has 0 spiro atoms. The maximum Gasteiger partial charge on any atom is 0.408 e. The van der Waals surface area contributed by atoms with Crippen molar-refractivity contribution in [3.05, 3.63) is 23.5 Å². The van der Waals surface area contributed by atoms with E-state index in [4.69, 9.17) is 37.6 Å². The summed E-state index contributed by atoms with van der Waals surface area (Å²) in [7, 11) is 3.09. The van der Waals surface area contributed by atoms with Crippen molar-refractivity contribution >= 4 is 41.3 Å². The zero-order valence-corrected chi connectivity index (χ0v) is 21.9. The number of nitrogens with zero attached hydrogens (tertiary/aromatic N) is 1. The number of carbonyl (C=O) groups is 2. The fourth-order valence-electron chi connectivity index (χ4n) is 3.50. The minimum atomic E-state index is -0.522. The average molecular weight is 511 g/mol. The zero-order valence-electron chi connectivity index (χ0n) is 21.2. The Labute approximate surface area is 212 Å². The van der Waals surface area contributed by atoms with Gasteiger partial charge in [-0.15, -0.1) is 0 Å². The van der Waals surface area contributed by atoms with Crippen LogP contribution in [0.4, 0.5) is 4.79 Å². The van der Waals surface area contributed by atoms with Gasteiger partial charge in [0.15, 0.2) is 0 Å². The summed E-state index contributed by atoms with van der Waals surface area (Å²) >= 11 is 5.43. The van der Waals surface area contributed by atoms with Crippen molar-refractivity contribution < 1.29 is 19.1 Å². The molecule has 11 heteroatoms. The number of allylic oxidation sites excluding steroid dienone is 2. The molecule has 0 aliphatic heterocycles. The van der Waals surface area contributed by atoms with Gasteiger partial charge in [0.25, 0.3) is 0 Å². The standard InChI is InChI=1S/C14H23NO3.C10H16ClN5O/c1-14(2,3)18-13(17)15-11(8-16)12(9-4-5-9)10-6-7-10;1-15-8(4-12)6-16-5-7(3-9(11)13)10(14)17-2/h8-12H,4-7H2,1-3H3,(H,15,17);3-4,6,13-15H,5,12H2,1-2H3/b;7-3-,8-4+,13-9?,14-10?,16-6?. The Morgan fingerprint density at radius 3 is 2.17 bits per heavy atom. The van der Waals surface area contributed by atoms with Crippen molar-refractivity contribution in [1.29, 1.82) is 10.8 Å². The molecule has 10 nitrogen and oxygen atoms in total. The number of aldehydes is 1. The van der Waals surface area contributed by atoms with Crippen LogP contribution in [0.25, 0.3) is 0 Å². The molecule has 1 atom stereocenters. The fourth-order valence-corrected chi connectivity index (χ4v) is 3.63. The molecule has 2 aliphatic rings. The van der Waals surface area contributed by atoms with E-state index in [1.54, 1.807) is 7.05 Å². The van der Waals surface area contributed by atoms with Gasteiger partial charge in [-0.2, -0.15) is 0 Å². The number of hydrogen-bond acceptors (Lipinski definition) is 9. The molecule has 0 saturated heterocycles. The third-order valence-corrected chi connectivity index (χ3v) is 5.44. The highest BCUT2D eigenvalue weighted by Crippen LogP contribution is 2.50. The molecule has 196 valence electrons. The molecule has 2 saturated carbocycles. The highest BCUT2D eigenvalue weighted by molar-refractivity contribution is 6.67. The number of carbonyl (C=O) groups excluding carboxylic acids is 2. The van der Waals surface area contributed by atoms with E-state index in [2.05, 4.69) is 15.6 Å². The first-order valence-corrected chi connectivity index (χ1v) is 11.9. The van der Waals surface area contributed by atoms with Crippen molar-refractivity contribution in [3.8, 4) is 0 Å². The van der Waals surface area contributed by atoms with Gasteiger partial charge in [-0.1, -0.05) is 11.6 Å². The number of nitrogens with one attached hydrogen (secondary N) is 4. The second kappa shape index (κ2) is 14.5. The minimum absolute atomic E-state index is 0.0738. The molecule has 35 heavy (non-hydrogen) atoms. The molecule has 0 bridgehead atoms. The van der Waals surface area contributed by atoms with Gasteiger partial charge in [0.1, 0.15) is 17.1 Å². The fraction of sp³-hybridized carbons (Fsp3) is 0.625. The summed E-state index contributed by atoms with van der Waals surface area (Å²) in [5, 5.41) is 20.0. The van der Waals surface area contributed by atoms with Crippen LogP contribution < -0.4 is 16.4 Å². The van der Waals surface area contributed by atoms with Crippen LogP contribution in [0.2, 0.25) is 0 Å². The summed E-state index contributed by atoms with van der Waals surface area (Å²) in [5.74, 6) is 1.51. The van der Waals surface area contributed by atoms with Crippen LogP contribution in [0.1, 0.15) is 46.5 Å². The molecule has 1 unspecified atom stereocenters. The third-order valence-electron chi connectivity index (χ3n) is 5.33. The highest BCUT2D eigenvalue weighted by atomic mass is 35.5. The number of amides is 1. The van der Waals surface area contributed by atoms with Gasteiger partial charge in [0.2, 0.25) is 5.90 Å². The number of ether oxygens (including phenoxy) is 2. The molecule has 0 aromatic carbocycles. The quantitative estimate of drug-likeness (QED) is 0.162. The van der Waals surface area contributed by atoms with Crippen molar-refractivity contribution in [2.45, 2.75) is 58.1 Å². The van der Waals surface area contributed by atoms with E-state index in [1.807, 2.05) is 20.8 Å². The second-order valence-corrected chi connectivity index (χ2v) is 9.86. The molecule has 0 heterocycles. The Morgan fingerprint density at radius 1 is 1.23 bits per heavy atom. The monoisotopic (exact) mass is 510 g/mol. The third kappa shape index (κ3) is 12.4. The van der Waals surface area contributed by atoms with E-state index in [-0.39, 0.29) is 23.7 Å². The van der Waals surface area contributed by atoms with Crippen molar-refractivity contribution in [1.82, 2.24) is 10.6 Å². The molecule has 0 radical (unpaired) electrons. The molecular formula is C24H39ClN6O4. The van der Waals surface area contributed by atoms with E-state index in [1.165, 1.54) is 51.3 Å². The van der Waals surface area contributed by atoms with Crippen LogP contribution in [0, 0.1) is 28.6 Å². The molecule has 6 N–H and O–H groups in total. The Kier molecular flexibility index (Phi) is 12.5. The number of methoxy groups -OCH3 is 1. The maximum atomic E-state index is 11.7. The average Bonchev–Trinajstić information content (AvgIpc) is 3.69. The number of nitrogens with two attached hydrogens (primary N) is 1. The second-order valence-electron chi connectivity index (χ2n) is 9.45. The number of alkyl carbamates (subject to hydrolysis) is 1. The van der Waals surface area contributed by atoms with E-state index >= 15 is 0 Å². The molecular weight excluding hydrogens is 472 g/mol. The van der Waals surface area contributed by atoms with Gasteiger partial charge >= 0.3 is 6.09 Å². The predicted octanol–water partition coefficient (Wildman–Crippen LogP) is 3.36. The molecule has 1 amide bonds. The predicted molar refractivity (Wildman–Crippen MR) is 139 cm³/mol. The van der Waals surface area contributed by atoms with Crippen LogP contribution in [0.5, 0.6) is 0 Å². The SMILES string of the molecule is CC(C)(C)OC(=O)NC(C=O)C(C1CC1)C1CC1.CN/C(C=NC/C(=C/C(=N)Cl)C(=N)OC)=C/N. The largest absolute Gasteiger partial charge is 0.481 e. The van der Waals surface area contributed by atoms with Gasteiger partial charge in [0, 0.05) is 25.0 Å². The van der Waals surface area contributed by atoms with Crippen molar-refractivity contribution in [2.75, 3.05) is 20.7 Å². The van der Waals surface area contributed by atoms with Crippen LogP contribution in [0.3, 0.4) is 0 Å². The number of aliphatic imine (C=N–C) groups is 1. The lowest BCUT2D eigenvalue weighted by Crippen LogP contribution is -2.45. The molecule has 2 aliphatic carbocycles. The number of hydrogen-bond donors (Lipinski definition) is 5. The van der Waals surface area contributed by atoms with E-state index in [9.17, 15) is 9.59 Å². The van der Waals surface area contributed by atoms with E-state index in [0.29, 0.717) is 29.0 Å². The molecule has 2 fully saturated rings. The molecule has 0 aromatic rings. The van der Waals surface area contributed by atoms with E-state index < -0.39 is 11.7 Å². The Bertz CT molecular complexity index is 829. The lowest BCUT2D eigenvalue weighted by molar-refractivity contribution is -0.111. The van der Waals surface area contributed by atoms with Gasteiger partial charge in [-0.25, -0.2) is 4.79 Å². The first kappa shape index (κ1) is 30.2. The Hall–Kier alpha value is -2.88. The topological polar surface area (TPSA) is 163 Å². The van der Waals surface area contributed by atoms with Gasteiger partial charge < -0.3 is 30.6 Å². The van der Waals surface area contributed by atoms with Gasteiger partial charge in [0.05, 0.1) is 25.4 Å². The van der Waals surface area contributed by atoms with Crippen LogP contribution in [0.15, 0.2) is 28.5 Å². The maximum absolute atomic E-state index is 11.7. The first-order chi connectivity index (χ1) is 16.4. The van der Waals surface area contributed by atoms with Crippen LogP contribution in [-0.4, -0.2) is 62.0 Å². The summed E-state index contributed by atoms with van der Waals surface area (Å²) in [6.45, 7) is 5.64. The minimum Gasteiger partial charge on any atom is -0.481 e. The lowest BCUT2D eigenvalue weighted by atomic mass is 9.90. The summed E-state index contributed by atoms with van der Waals surface area (Å²) in [5.41, 5.74) is 5.85. The molecule has 0 aromatic heterocycles. The first-order valence-electron chi connectivity index (χ1n) is 11.6. The summed E-state index contributed by atoms with van der Waals surface area (Å²) in [6, 6.07) is -0.375. The smallest absolute Gasteiger partial charge is 0.408 e. The number of halogens is 1. The van der Waals surface area contributed by atoms with Crippen molar-refractivity contribution in [2.24, 2.45) is 28.5 Å². The van der Waals surface area contributed by atoms with Crippen molar-refractivity contribution in [3.63, 3.8) is 0 Å². The van der Waals surface area contributed by atoms with Gasteiger partial charge in [-0.05, 0) is 70.3 Å². The lowest BCUT2D eigenvalue weighted by Gasteiger charge is -2.26. The van der Waals surface area contributed by atoms with Crippen LogP contribution in [-0.2, 0) is 14.3 Å². The van der Waals surface area contributed by atoms with Crippen LogP contribution >= 0.6 is 11.6 Å².